The largest absolute Gasteiger partial charge is 0.269 e. The maximum absolute atomic E-state index is 13.7. The van der Waals surface area contributed by atoms with Crippen molar-refractivity contribution in [1.29, 1.82) is 0 Å². The van der Waals surface area contributed by atoms with Crippen LogP contribution >= 0.6 is 11.3 Å². The molecule has 0 unspecified atom stereocenters. The number of aromatic nitrogens is 1. The fraction of sp³-hybridized carbons (Fsp3) is 0. The topological polar surface area (TPSA) is 56.0 Å². The maximum Gasteiger partial charge on any atom is 0.269 e. The maximum atomic E-state index is 13.7. The van der Waals surface area contributed by atoms with Gasteiger partial charge in [-0.05, 0) is 24.3 Å². The third kappa shape index (κ3) is 2.58. The first-order chi connectivity index (χ1) is 10.6. The Morgan fingerprint density at radius 2 is 1.68 bits per heavy atom. The Balaban J connectivity index is 1.99. The molecule has 7 heteroatoms. The molecular formula is C15H8F2N2O2S. The van der Waals surface area contributed by atoms with Crippen molar-refractivity contribution in [2.24, 2.45) is 0 Å². The van der Waals surface area contributed by atoms with Gasteiger partial charge in [-0.1, -0.05) is 6.07 Å². The molecular weight excluding hydrogens is 310 g/mol. The van der Waals surface area contributed by atoms with E-state index in [0.717, 1.165) is 11.3 Å². The zero-order valence-corrected chi connectivity index (χ0v) is 11.8. The third-order valence-corrected chi connectivity index (χ3v) is 3.91. The van der Waals surface area contributed by atoms with Crippen LogP contribution in [0.2, 0.25) is 0 Å². The molecule has 0 aliphatic heterocycles. The molecule has 0 atom stereocenters. The lowest BCUT2D eigenvalue weighted by molar-refractivity contribution is -0.384. The molecule has 3 aromatic rings. The highest BCUT2D eigenvalue weighted by molar-refractivity contribution is 7.13. The van der Waals surface area contributed by atoms with Gasteiger partial charge in [0.15, 0.2) is 0 Å². The molecule has 0 aliphatic carbocycles. The minimum absolute atomic E-state index is 0.0284. The number of nitro benzene ring substituents is 1. The Morgan fingerprint density at radius 1 is 1.05 bits per heavy atom. The fourth-order valence-corrected chi connectivity index (χ4v) is 2.85. The van der Waals surface area contributed by atoms with Crippen molar-refractivity contribution in [3.05, 3.63) is 69.6 Å². The minimum atomic E-state index is -0.676. The van der Waals surface area contributed by atoms with E-state index in [9.17, 15) is 18.9 Å². The number of benzene rings is 2. The van der Waals surface area contributed by atoms with E-state index < -0.39 is 16.6 Å². The van der Waals surface area contributed by atoms with Gasteiger partial charge in [0.2, 0.25) is 0 Å². The number of hydrogen-bond donors (Lipinski definition) is 0. The van der Waals surface area contributed by atoms with E-state index >= 15 is 0 Å². The molecule has 4 nitrogen and oxygen atoms in total. The highest BCUT2D eigenvalue weighted by Crippen LogP contribution is 2.32. The third-order valence-electron chi connectivity index (χ3n) is 3.05. The predicted octanol–water partition coefficient (Wildman–Crippen LogP) is 4.66. The van der Waals surface area contributed by atoms with Gasteiger partial charge >= 0.3 is 0 Å². The second kappa shape index (κ2) is 5.61. The van der Waals surface area contributed by atoms with E-state index in [2.05, 4.69) is 4.98 Å². The standard InChI is InChI=1S/C15H8F2N2O2S/c16-11-2-1-3-12(17)14(11)15-18-13(8-22-15)9-4-6-10(7-5-9)19(20)21/h1-8H. The van der Waals surface area contributed by atoms with E-state index in [1.54, 1.807) is 17.5 Å². The Hall–Kier alpha value is -2.67. The molecule has 22 heavy (non-hydrogen) atoms. The normalized spacial score (nSPS) is 10.6. The first kappa shape index (κ1) is 14.3. The van der Waals surface area contributed by atoms with Gasteiger partial charge < -0.3 is 0 Å². The van der Waals surface area contributed by atoms with Crippen molar-refractivity contribution in [3.63, 3.8) is 0 Å². The molecule has 0 saturated carbocycles. The van der Waals surface area contributed by atoms with Crippen LogP contribution in [-0.4, -0.2) is 9.91 Å². The van der Waals surface area contributed by atoms with E-state index in [1.165, 1.54) is 30.3 Å². The van der Waals surface area contributed by atoms with Crippen LogP contribution in [0.4, 0.5) is 14.5 Å². The van der Waals surface area contributed by atoms with Crippen LogP contribution in [0.1, 0.15) is 0 Å². The zero-order chi connectivity index (χ0) is 15.7. The average molecular weight is 318 g/mol. The van der Waals surface area contributed by atoms with Crippen molar-refractivity contribution in [2.75, 3.05) is 0 Å². The summed E-state index contributed by atoms with van der Waals surface area (Å²) in [5.41, 5.74) is 0.961. The van der Waals surface area contributed by atoms with Crippen molar-refractivity contribution in [3.8, 4) is 21.8 Å². The summed E-state index contributed by atoms with van der Waals surface area (Å²) in [4.78, 5) is 14.3. The second-order valence-corrected chi connectivity index (χ2v) is 5.30. The van der Waals surface area contributed by atoms with Crippen LogP contribution < -0.4 is 0 Å². The smallest absolute Gasteiger partial charge is 0.258 e. The summed E-state index contributed by atoms with van der Waals surface area (Å²) in [6, 6.07) is 9.45. The Bertz CT molecular complexity index is 827. The fourth-order valence-electron chi connectivity index (χ4n) is 1.98. The molecule has 110 valence electrons. The molecule has 0 bridgehead atoms. The minimum Gasteiger partial charge on any atom is -0.258 e. The molecule has 0 amide bonds. The molecule has 1 heterocycles. The average Bonchev–Trinajstić information content (AvgIpc) is 2.97. The van der Waals surface area contributed by atoms with Crippen molar-refractivity contribution >= 4 is 17.0 Å². The van der Waals surface area contributed by atoms with Gasteiger partial charge in [-0.2, -0.15) is 0 Å². The summed E-state index contributed by atoms with van der Waals surface area (Å²) in [7, 11) is 0. The number of thiazole rings is 1. The lowest BCUT2D eigenvalue weighted by atomic mass is 10.1. The van der Waals surface area contributed by atoms with Gasteiger partial charge in [0.05, 0.1) is 16.2 Å². The summed E-state index contributed by atoms with van der Waals surface area (Å²) in [5, 5.41) is 12.5. The number of halogens is 2. The van der Waals surface area contributed by atoms with Gasteiger partial charge in [0.25, 0.3) is 5.69 Å². The molecule has 0 radical (unpaired) electrons. The summed E-state index contributed by atoms with van der Waals surface area (Å²) >= 11 is 1.11. The van der Waals surface area contributed by atoms with Crippen LogP contribution in [0.25, 0.3) is 21.8 Å². The molecule has 0 fully saturated rings. The van der Waals surface area contributed by atoms with Gasteiger partial charge in [-0.25, -0.2) is 13.8 Å². The lowest BCUT2D eigenvalue weighted by Crippen LogP contribution is -1.89. The van der Waals surface area contributed by atoms with E-state index in [1.807, 2.05) is 0 Å². The highest BCUT2D eigenvalue weighted by Gasteiger charge is 2.15. The van der Waals surface area contributed by atoms with Crippen molar-refractivity contribution < 1.29 is 13.7 Å². The lowest BCUT2D eigenvalue weighted by Gasteiger charge is -2.00. The highest BCUT2D eigenvalue weighted by atomic mass is 32.1. The summed E-state index contributed by atoms with van der Waals surface area (Å²) in [6.07, 6.45) is 0. The monoisotopic (exact) mass is 318 g/mol. The molecule has 3 rings (SSSR count). The number of non-ortho nitro benzene ring substituents is 1. The first-order valence-corrected chi connectivity index (χ1v) is 7.09. The SMILES string of the molecule is O=[N+]([O-])c1ccc(-c2csc(-c3c(F)cccc3F)n2)cc1. The molecule has 0 saturated heterocycles. The predicted molar refractivity (Wildman–Crippen MR) is 79.6 cm³/mol. The van der Waals surface area contributed by atoms with Gasteiger partial charge in [-0.15, -0.1) is 11.3 Å². The van der Waals surface area contributed by atoms with E-state index in [0.29, 0.717) is 11.3 Å². The molecule has 0 N–H and O–H groups in total. The summed E-state index contributed by atoms with van der Waals surface area (Å²) in [6.45, 7) is 0. The number of rotatable bonds is 3. The van der Waals surface area contributed by atoms with Crippen LogP contribution in [0.3, 0.4) is 0 Å². The molecule has 0 aliphatic rings. The van der Waals surface area contributed by atoms with Crippen molar-refractivity contribution in [2.45, 2.75) is 0 Å². The number of hydrogen-bond acceptors (Lipinski definition) is 4. The van der Waals surface area contributed by atoms with Gasteiger partial charge in [-0.3, -0.25) is 10.1 Å². The summed E-state index contributed by atoms with van der Waals surface area (Å²) in [5.74, 6) is -1.35. The zero-order valence-electron chi connectivity index (χ0n) is 11.0. The Labute approximate surface area is 127 Å². The quantitative estimate of drug-likeness (QED) is 0.521. The van der Waals surface area contributed by atoms with Crippen LogP contribution in [-0.2, 0) is 0 Å². The number of nitro groups is 1. The molecule has 0 spiro atoms. The first-order valence-electron chi connectivity index (χ1n) is 6.21. The van der Waals surface area contributed by atoms with Crippen LogP contribution in [0.15, 0.2) is 47.8 Å². The molecule has 1 aromatic heterocycles. The van der Waals surface area contributed by atoms with Crippen LogP contribution in [0.5, 0.6) is 0 Å². The molecule has 2 aromatic carbocycles. The van der Waals surface area contributed by atoms with Crippen LogP contribution in [0, 0.1) is 21.7 Å². The van der Waals surface area contributed by atoms with E-state index in [4.69, 9.17) is 0 Å². The number of nitrogens with zero attached hydrogens (tertiary/aromatic N) is 2. The Kier molecular flexibility index (Phi) is 3.64. The second-order valence-electron chi connectivity index (χ2n) is 4.44. The van der Waals surface area contributed by atoms with Gasteiger partial charge in [0, 0.05) is 23.1 Å². The van der Waals surface area contributed by atoms with Crippen molar-refractivity contribution in [1.82, 2.24) is 4.98 Å². The Morgan fingerprint density at radius 3 is 2.27 bits per heavy atom. The van der Waals surface area contributed by atoms with Gasteiger partial charge in [0.1, 0.15) is 16.6 Å². The van der Waals surface area contributed by atoms with E-state index in [-0.39, 0.29) is 16.3 Å². The summed E-state index contributed by atoms with van der Waals surface area (Å²) < 4.78 is 27.5.